The van der Waals surface area contributed by atoms with Crippen LogP contribution in [0.15, 0.2) is 0 Å². The molecule has 0 spiro atoms. The summed E-state index contributed by atoms with van der Waals surface area (Å²) in [6.45, 7) is 0. The van der Waals surface area contributed by atoms with Crippen molar-refractivity contribution in [2.75, 3.05) is 14.2 Å². The van der Waals surface area contributed by atoms with Gasteiger partial charge in [-0.25, -0.2) is 0 Å². The molecule has 0 aromatic heterocycles. The van der Waals surface area contributed by atoms with Crippen LogP contribution in [0, 0.1) is 0 Å². The maximum absolute atomic E-state index is 4.25. The van der Waals surface area contributed by atoms with Crippen molar-refractivity contribution in [3.63, 3.8) is 0 Å². The lowest BCUT2D eigenvalue weighted by molar-refractivity contribution is 0.277. The van der Waals surface area contributed by atoms with Gasteiger partial charge in [0.1, 0.15) is 0 Å². The minimum atomic E-state index is 0. The normalized spacial score (nSPS) is 4.50. The summed E-state index contributed by atoms with van der Waals surface area (Å²) in [6.07, 6.45) is 0. The molecule has 0 N–H and O–H groups in total. The highest BCUT2D eigenvalue weighted by molar-refractivity contribution is 5.75. The van der Waals surface area contributed by atoms with Gasteiger partial charge in [0.05, 0.1) is 0 Å². The first-order chi connectivity index (χ1) is 1.41. The zero-order chi connectivity index (χ0) is 2.71. The van der Waals surface area contributed by atoms with Crippen molar-refractivity contribution in [1.29, 1.82) is 0 Å². The number of rotatable bonds is 0. The van der Waals surface area contributed by atoms with E-state index in [-0.39, 0.29) is 23.1 Å². The van der Waals surface area contributed by atoms with E-state index in [0.717, 1.165) is 0 Å². The van der Waals surface area contributed by atoms with Crippen LogP contribution in [-0.2, 0) is 4.74 Å². The largest absolute Gasteiger partial charge is 0.388 e. The molecule has 0 aliphatic heterocycles. The number of hydrogen-bond donors (Lipinski definition) is 0. The zero-order valence-corrected chi connectivity index (χ0v) is 4.53. The first-order valence-corrected chi connectivity index (χ1v) is 0.816. The van der Waals surface area contributed by atoms with Gasteiger partial charge in [-0.15, -0.1) is 0 Å². The molecule has 0 aliphatic carbocycles. The summed E-state index contributed by atoms with van der Waals surface area (Å²) in [7, 11) is 3.25. The van der Waals surface area contributed by atoms with Crippen LogP contribution in [0.3, 0.4) is 0 Å². The minimum absolute atomic E-state index is 0. The number of ether oxygens (including phenoxy) is 1. The van der Waals surface area contributed by atoms with Crippen molar-refractivity contribution in [3.05, 3.63) is 0 Å². The molecule has 0 unspecified atom stereocenters. The van der Waals surface area contributed by atoms with E-state index in [0.29, 0.717) is 0 Å². The summed E-state index contributed by atoms with van der Waals surface area (Å²) in [6, 6.07) is 0. The van der Waals surface area contributed by atoms with Crippen molar-refractivity contribution in [3.8, 4) is 0 Å². The van der Waals surface area contributed by atoms with Crippen LogP contribution in [0.4, 0.5) is 0 Å². The smallest absolute Gasteiger partial charge is 0.0351 e. The molecule has 0 rings (SSSR count). The summed E-state index contributed by atoms with van der Waals surface area (Å²) in [4.78, 5) is 0. The molecule has 0 bridgehead atoms. The third-order valence-corrected chi connectivity index (χ3v) is 0. The molecule has 0 amide bonds. The van der Waals surface area contributed by atoms with Crippen molar-refractivity contribution in [2.24, 2.45) is 0 Å². The van der Waals surface area contributed by atoms with Crippen LogP contribution in [0.25, 0.3) is 0 Å². The van der Waals surface area contributed by atoms with E-state index in [2.05, 4.69) is 4.74 Å². The topological polar surface area (TPSA) is 9.23 Å². The van der Waals surface area contributed by atoms with E-state index in [1.54, 1.807) is 14.2 Å². The average molecular weight is 70.4 g/mol. The highest BCUT2D eigenvalue weighted by Crippen LogP contribution is 1.28. The quantitative estimate of drug-likeness (QED) is 0.361. The molecule has 0 atom stereocenters. The highest BCUT2D eigenvalue weighted by Gasteiger charge is 1.25. The Bertz CT molecular complexity index is 6.00. The Labute approximate surface area is 42.5 Å². The fraction of sp³-hybridized carbons (Fsp3) is 1.00. The van der Waals surface area contributed by atoms with Gasteiger partial charge in [0.15, 0.2) is 0 Å². The van der Waals surface area contributed by atoms with E-state index in [1.165, 1.54) is 0 Å². The van der Waals surface area contributed by atoms with Crippen LogP contribution in [0.2, 0.25) is 0 Å². The molecule has 0 aliphatic rings. The van der Waals surface area contributed by atoms with Crippen molar-refractivity contribution in [1.82, 2.24) is 0 Å². The maximum atomic E-state index is 4.25. The summed E-state index contributed by atoms with van der Waals surface area (Å²) in [5, 5.41) is 0. The molecule has 4 heavy (non-hydrogen) atoms. The minimum Gasteiger partial charge on any atom is -0.388 e. The van der Waals surface area contributed by atoms with E-state index in [4.69, 9.17) is 0 Å². The first kappa shape index (κ1) is 8.83. The van der Waals surface area contributed by atoms with Crippen LogP contribution in [0.1, 0.15) is 0 Å². The lowest BCUT2D eigenvalue weighted by Gasteiger charge is -1.61. The molecular formula is C2H6MgO. The summed E-state index contributed by atoms with van der Waals surface area (Å²) in [5.74, 6) is 0. The SMILES string of the molecule is COC.[Mg]. The third-order valence-electron chi connectivity index (χ3n) is 0. The van der Waals surface area contributed by atoms with Gasteiger partial charge in [-0.2, -0.15) is 0 Å². The Balaban J connectivity index is 0. The Morgan fingerprint density at radius 1 is 1.25 bits per heavy atom. The molecule has 0 saturated carbocycles. The van der Waals surface area contributed by atoms with E-state index in [9.17, 15) is 0 Å². The highest BCUT2D eigenvalue weighted by atomic mass is 24.3. The molecule has 0 heterocycles. The van der Waals surface area contributed by atoms with Gasteiger partial charge in [0.2, 0.25) is 0 Å². The molecular weight excluding hydrogens is 64.3 g/mol. The standard InChI is InChI=1S/C2H6O.Mg/c1-3-2;/h1-2H3;. The van der Waals surface area contributed by atoms with Crippen LogP contribution in [0.5, 0.6) is 0 Å². The first-order valence-electron chi connectivity index (χ1n) is 0.816. The van der Waals surface area contributed by atoms with Gasteiger partial charge in [0.25, 0.3) is 0 Å². The summed E-state index contributed by atoms with van der Waals surface area (Å²) >= 11 is 0. The van der Waals surface area contributed by atoms with E-state index < -0.39 is 0 Å². The Morgan fingerprint density at radius 2 is 1.25 bits per heavy atom. The molecule has 0 aromatic rings. The van der Waals surface area contributed by atoms with Gasteiger partial charge in [0, 0.05) is 37.3 Å². The van der Waals surface area contributed by atoms with E-state index >= 15 is 0 Å². The molecule has 0 saturated heterocycles. The summed E-state index contributed by atoms with van der Waals surface area (Å²) in [5.41, 5.74) is 0. The van der Waals surface area contributed by atoms with Gasteiger partial charge < -0.3 is 4.74 Å². The van der Waals surface area contributed by atoms with Gasteiger partial charge in [-0.05, 0) is 0 Å². The predicted molar refractivity (Wildman–Crippen MR) is 18.7 cm³/mol. The van der Waals surface area contributed by atoms with Crippen molar-refractivity contribution in [2.45, 2.75) is 0 Å². The second-order valence-corrected chi connectivity index (χ2v) is 0.408. The van der Waals surface area contributed by atoms with Gasteiger partial charge in [-0.1, -0.05) is 0 Å². The average Bonchev–Trinajstić information content (AvgIpc) is 0.918. The van der Waals surface area contributed by atoms with Crippen molar-refractivity contribution >= 4 is 23.1 Å². The molecule has 2 radical (unpaired) electrons. The zero-order valence-electron chi connectivity index (χ0n) is 3.12. The second-order valence-electron chi connectivity index (χ2n) is 0.408. The third kappa shape index (κ3) is 15.4. The molecule has 2 heteroatoms. The molecule has 0 aromatic carbocycles. The lowest BCUT2D eigenvalue weighted by Crippen LogP contribution is -1.55. The molecule has 22 valence electrons. The number of hydrogen-bond acceptors (Lipinski definition) is 1. The summed E-state index contributed by atoms with van der Waals surface area (Å²) < 4.78 is 4.25. The van der Waals surface area contributed by atoms with Gasteiger partial charge >= 0.3 is 0 Å². The van der Waals surface area contributed by atoms with Crippen LogP contribution in [-0.4, -0.2) is 37.3 Å². The fourth-order valence-corrected chi connectivity index (χ4v) is 0. The Hall–Kier alpha value is 0.726. The Kier molecular flexibility index (Phi) is 20.5. The second kappa shape index (κ2) is 9.29. The monoisotopic (exact) mass is 70.0 g/mol. The van der Waals surface area contributed by atoms with Gasteiger partial charge in [-0.3, -0.25) is 0 Å². The predicted octanol–water partition coefficient (Wildman–Crippen LogP) is -0.118. The number of methoxy groups -OCH3 is 1. The van der Waals surface area contributed by atoms with Crippen LogP contribution >= 0.6 is 0 Å². The van der Waals surface area contributed by atoms with E-state index in [1.807, 2.05) is 0 Å². The molecule has 1 nitrogen and oxygen atoms in total. The lowest BCUT2D eigenvalue weighted by atomic mass is 11.6. The maximum Gasteiger partial charge on any atom is 0.0351 e. The fourth-order valence-electron chi connectivity index (χ4n) is 0. The van der Waals surface area contributed by atoms with Crippen LogP contribution < -0.4 is 0 Å². The van der Waals surface area contributed by atoms with Crippen molar-refractivity contribution < 1.29 is 4.74 Å². The molecule has 0 fully saturated rings. The Morgan fingerprint density at radius 3 is 1.25 bits per heavy atom.